The van der Waals surface area contributed by atoms with E-state index in [1.807, 2.05) is 66.4 Å². The van der Waals surface area contributed by atoms with E-state index in [9.17, 15) is 4.79 Å². The average molecular weight is 403 g/mol. The standard InChI is InChI=1S/C23H22N4OS/c1-15-8-7-9-18(12-15)23-24-19(14-29-23)13-21(28)25-22-16(2)26-27(17(22)3)20-10-5-4-6-11-20/h4-12,14H,13H2,1-3H3,(H,25,28). The van der Waals surface area contributed by atoms with Crippen LogP contribution in [-0.2, 0) is 11.2 Å². The summed E-state index contributed by atoms with van der Waals surface area (Å²) in [5.41, 5.74) is 6.47. The number of anilines is 1. The normalized spacial score (nSPS) is 10.9. The van der Waals surface area contributed by atoms with Gasteiger partial charge in [0.05, 0.1) is 34.9 Å². The topological polar surface area (TPSA) is 59.8 Å². The van der Waals surface area contributed by atoms with E-state index in [1.54, 1.807) is 11.3 Å². The second-order valence-corrected chi connectivity index (χ2v) is 7.89. The fraction of sp³-hybridized carbons (Fsp3) is 0.174. The lowest BCUT2D eigenvalue weighted by Gasteiger charge is -2.06. The molecule has 0 atom stereocenters. The Bertz CT molecular complexity index is 1160. The second kappa shape index (κ2) is 8.01. The molecule has 4 aromatic rings. The third-order valence-electron chi connectivity index (χ3n) is 4.71. The van der Waals surface area contributed by atoms with E-state index in [1.165, 1.54) is 5.56 Å². The van der Waals surface area contributed by atoms with Crippen molar-refractivity contribution in [1.82, 2.24) is 14.8 Å². The van der Waals surface area contributed by atoms with Crippen LogP contribution in [0, 0.1) is 20.8 Å². The van der Waals surface area contributed by atoms with E-state index in [-0.39, 0.29) is 12.3 Å². The number of nitrogens with zero attached hydrogens (tertiary/aromatic N) is 3. The zero-order valence-electron chi connectivity index (χ0n) is 16.6. The molecule has 2 heterocycles. The molecule has 0 fully saturated rings. The van der Waals surface area contributed by atoms with Gasteiger partial charge < -0.3 is 5.32 Å². The number of thiazole rings is 1. The van der Waals surface area contributed by atoms with E-state index < -0.39 is 0 Å². The zero-order chi connectivity index (χ0) is 20.4. The minimum Gasteiger partial charge on any atom is -0.323 e. The Balaban J connectivity index is 1.49. The zero-order valence-corrected chi connectivity index (χ0v) is 17.5. The van der Waals surface area contributed by atoms with Crippen molar-refractivity contribution in [3.63, 3.8) is 0 Å². The van der Waals surface area contributed by atoms with Gasteiger partial charge >= 0.3 is 0 Å². The van der Waals surface area contributed by atoms with Gasteiger partial charge in [-0.2, -0.15) is 5.10 Å². The monoisotopic (exact) mass is 402 g/mol. The van der Waals surface area contributed by atoms with Crippen LogP contribution in [0.1, 0.15) is 22.6 Å². The molecule has 6 heteroatoms. The first-order chi connectivity index (χ1) is 14.0. The van der Waals surface area contributed by atoms with Crippen LogP contribution in [0.25, 0.3) is 16.3 Å². The van der Waals surface area contributed by atoms with E-state index >= 15 is 0 Å². The summed E-state index contributed by atoms with van der Waals surface area (Å²) in [6, 6.07) is 18.1. The molecule has 2 aromatic heterocycles. The fourth-order valence-corrected chi connectivity index (χ4v) is 4.11. The van der Waals surface area contributed by atoms with Crippen LogP contribution in [-0.4, -0.2) is 20.7 Å². The lowest BCUT2D eigenvalue weighted by Crippen LogP contribution is -2.15. The predicted molar refractivity (Wildman–Crippen MR) is 118 cm³/mol. The van der Waals surface area contributed by atoms with Crippen LogP contribution in [0.15, 0.2) is 60.0 Å². The number of benzene rings is 2. The molecule has 1 amide bonds. The molecule has 1 N–H and O–H groups in total. The Morgan fingerprint density at radius 1 is 1.07 bits per heavy atom. The molecule has 0 aliphatic rings. The molecule has 146 valence electrons. The number of aromatic nitrogens is 3. The van der Waals surface area contributed by atoms with Gasteiger partial charge in [0, 0.05) is 10.9 Å². The lowest BCUT2D eigenvalue weighted by atomic mass is 10.1. The Hall–Kier alpha value is -3.25. The third kappa shape index (κ3) is 4.12. The summed E-state index contributed by atoms with van der Waals surface area (Å²) in [6.45, 7) is 5.92. The van der Waals surface area contributed by atoms with Crippen molar-refractivity contribution in [3.8, 4) is 16.3 Å². The molecule has 2 aromatic carbocycles. The molecule has 4 rings (SSSR count). The van der Waals surface area contributed by atoms with Crippen molar-refractivity contribution in [3.05, 3.63) is 82.6 Å². The van der Waals surface area contributed by atoms with Crippen LogP contribution in [0.3, 0.4) is 0 Å². The second-order valence-electron chi connectivity index (χ2n) is 7.03. The molecular weight excluding hydrogens is 380 g/mol. The smallest absolute Gasteiger partial charge is 0.230 e. The van der Waals surface area contributed by atoms with Gasteiger partial charge in [0.2, 0.25) is 5.91 Å². The maximum atomic E-state index is 12.6. The summed E-state index contributed by atoms with van der Waals surface area (Å²) in [7, 11) is 0. The molecule has 0 bridgehead atoms. The summed E-state index contributed by atoms with van der Waals surface area (Å²) in [6.07, 6.45) is 0.234. The maximum Gasteiger partial charge on any atom is 0.230 e. The number of para-hydroxylation sites is 1. The number of carbonyl (C=O) groups excluding carboxylic acids is 1. The van der Waals surface area contributed by atoms with E-state index in [0.717, 1.165) is 39.0 Å². The molecule has 0 spiro atoms. The van der Waals surface area contributed by atoms with E-state index in [4.69, 9.17) is 0 Å². The van der Waals surface area contributed by atoms with Gasteiger partial charge in [0.15, 0.2) is 0 Å². The maximum absolute atomic E-state index is 12.6. The molecule has 0 radical (unpaired) electrons. The van der Waals surface area contributed by atoms with Gasteiger partial charge in [-0.1, -0.05) is 42.0 Å². The lowest BCUT2D eigenvalue weighted by molar-refractivity contribution is -0.115. The fourth-order valence-electron chi connectivity index (χ4n) is 3.29. The highest BCUT2D eigenvalue weighted by molar-refractivity contribution is 7.13. The number of hydrogen-bond donors (Lipinski definition) is 1. The number of hydrogen-bond acceptors (Lipinski definition) is 4. The first kappa shape index (κ1) is 19.1. The highest BCUT2D eigenvalue weighted by Gasteiger charge is 2.16. The highest BCUT2D eigenvalue weighted by Crippen LogP contribution is 2.26. The Morgan fingerprint density at radius 3 is 2.62 bits per heavy atom. The van der Waals surface area contributed by atoms with Crippen LogP contribution < -0.4 is 5.32 Å². The van der Waals surface area contributed by atoms with Crippen molar-refractivity contribution < 1.29 is 4.79 Å². The largest absolute Gasteiger partial charge is 0.323 e. The predicted octanol–water partition coefficient (Wildman–Crippen LogP) is 5.10. The molecular formula is C23H22N4OS. The molecule has 5 nitrogen and oxygen atoms in total. The highest BCUT2D eigenvalue weighted by atomic mass is 32.1. The quantitative estimate of drug-likeness (QED) is 0.505. The third-order valence-corrected chi connectivity index (χ3v) is 5.66. The summed E-state index contributed by atoms with van der Waals surface area (Å²) in [5, 5.41) is 10.5. The van der Waals surface area contributed by atoms with Crippen molar-refractivity contribution in [1.29, 1.82) is 0 Å². The van der Waals surface area contributed by atoms with Crippen molar-refractivity contribution in [2.24, 2.45) is 0 Å². The molecule has 0 saturated heterocycles. The van der Waals surface area contributed by atoms with Crippen LogP contribution in [0.5, 0.6) is 0 Å². The minimum absolute atomic E-state index is 0.0927. The summed E-state index contributed by atoms with van der Waals surface area (Å²) >= 11 is 1.56. The van der Waals surface area contributed by atoms with Gasteiger partial charge in [0.25, 0.3) is 0 Å². The summed E-state index contributed by atoms with van der Waals surface area (Å²) in [5.74, 6) is -0.0927. The van der Waals surface area contributed by atoms with Crippen LogP contribution in [0.2, 0.25) is 0 Å². The van der Waals surface area contributed by atoms with Crippen LogP contribution in [0.4, 0.5) is 5.69 Å². The van der Waals surface area contributed by atoms with Gasteiger partial charge in [-0.3, -0.25) is 4.79 Å². The van der Waals surface area contributed by atoms with Gasteiger partial charge in [-0.05, 0) is 39.0 Å². The molecule has 0 unspecified atom stereocenters. The molecule has 29 heavy (non-hydrogen) atoms. The van der Waals surface area contributed by atoms with Gasteiger partial charge in [-0.25, -0.2) is 9.67 Å². The summed E-state index contributed by atoms with van der Waals surface area (Å²) in [4.78, 5) is 17.3. The van der Waals surface area contributed by atoms with E-state index in [0.29, 0.717) is 0 Å². The van der Waals surface area contributed by atoms with E-state index in [2.05, 4.69) is 34.5 Å². The van der Waals surface area contributed by atoms with Gasteiger partial charge in [0.1, 0.15) is 5.01 Å². The number of carbonyl (C=O) groups is 1. The number of nitrogens with one attached hydrogen (secondary N) is 1. The van der Waals surface area contributed by atoms with Gasteiger partial charge in [-0.15, -0.1) is 11.3 Å². The molecule has 0 saturated carbocycles. The number of aryl methyl sites for hydroxylation is 2. The van der Waals surface area contributed by atoms with Crippen molar-refractivity contribution >= 4 is 22.9 Å². The average Bonchev–Trinajstić information content (AvgIpc) is 3.28. The van der Waals surface area contributed by atoms with Crippen molar-refractivity contribution in [2.45, 2.75) is 27.2 Å². The molecule has 0 aliphatic carbocycles. The van der Waals surface area contributed by atoms with Crippen LogP contribution >= 0.6 is 11.3 Å². The Morgan fingerprint density at radius 2 is 1.86 bits per heavy atom. The van der Waals surface area contributed by atoms with Crippen molar-refractivity contribution in [2.75, 3.05) is 5.32 Å². The first-order valence-electron chi connectivity index (χ1n) is 9.44. The summed E-state index contributed by atoms with van der Waals surface area (Å²) < 4.78 is 1.85. The molecule has 0 aliphatic heterocycles. The first-order valence-corrected chi connectivity index (χ1v) is 10.3. The number of rotatable bonds is 5. The Labute approximate surface area is 174 Å². The SMILES string of the molecule is Cc1cccc(-c2nc(CC(=O)Nc3c(C)nn(-c4ccccc4)c3C)cs2)c1. The number of amides is 1. The minimum atomic E-state index is -0.0927. The Kier molecular flexibility index (Phi) is 5.27.